The van der Waals surface area contributed by atoms with Gasteiger partial charge in [0.1, 0.15) is 23.3 Å². The van der Waals surface area contributed by atoms with Crippen LogP contribution >= 0.6 is 0 Å². The van der Waals surface area contributed by atoms with Gasteiger partial charge in [-0.25, -0.2) is 4.79 Å². The molecule has 5 atom stereocenters. The first kappa shape index (κ1) is 40.2. The van der Waals surface area contributed by atoms with Crippen LogP contribution in [0.25, 0.3) is 0 Å². The molecular weight excluding hydrogens is 640 g/mol. The van der Waals surface area contributed by atoms with Gasteiger partial charge in [0, 0.05) is 13.1 Å². The van der Waals surface area contributed by atoms with E-state index in [1.54, 1.807) is 40.7 Å². The van der Waals surface area contributed by atoms with Crippen LogP contribution in [0.15, 0.2) is 43.0 Å². The number of hydrogen-bond acceptors (Lipinski definition) is 8. The lowest BCUT2D eigenvalue weighted by molar-refractivity contribution is -0.157. The zero-order chi connectivity index (χ0) is 37.8. The van der Waals surface area contributed by atoms with E-state index in [0.717, 1.165) is 5.56 Å². The number of ether oxygens (including phenoxy) is 2. The van der Waals surface area contributed by atoms with E-state index in [4.69, 9.17) is 9.47 Å². The number of nitrogens with zero attached hydrogens (tertiary/aromatic N) is 1. The molecule has 1 aliphatic carbocycles. The third kappa shape index (κ3) is 9.94. The monoisotopic (exact) mass is 696 g/mol. The maximum absolute atomic E-state index is 14.1. The molecule has 0 radical (unpaired) electrons. The topological polar surface area (TPSA) is 160 Å². The van der Waals surface area contributed by atoms with Gasteiger partial charge in [0.25, 0.3) is 5.91 Å². The lowest BCUT2D eigenvalue weighted by Crippen LogP contribution is -2.60. The van der Waals surface area contributed by atoms with Crippen molar-refractivity contribution in [3.8, 4) is 0 Å². The van der Waals surface area contributed by atoms with E-state index in [1.165, 1.54) is 4.90 Å². The molecule has 4 amide bonds. The van der Waals surface area contributed by atoms with E-state index in [0.29, 0.717) is 13.0 Å². The molecule has 4 unspecified atom stereocenters. The molecule has 1 aliphatic heterocycles. The predicted octanol–water partition coefficient (Wildman–Crippen LogP) is 4.41. The van der Waals surface area contributed by atoms with Crippen molar-refractivity contribution in [2.45, 2.75) is 118 Å². The van der Waals surface area contributed by atoms with Crippen LogP contribution in [0.1, 0.15) is 94.1 Å². The first-order valence-corrected chi connectivity index (χ1v) is 17.3. The second kappa shape index (κ2) is 15.3. The van der Waals surface area contributed by atoms with Gasteiger partial charge in [-0.2, -0.15) is 0 Å². The molecule has 2 aliphatic rings. The second-order valence-electron chi connectivity index (χ2n) is 16.5. The molecule has 1 aromatic rings. The molecule has 12 heteroatoms. The minimum Gasteiger partial charge on any atom is -0.455 e. The molecule has 3 rings (SSSR count). The van der Waals surface area contributed by atoms with Crippen molar-refractivity contribution in [1.82, 2.24) is 20.9 Å². The molecule has 0 bridgehead atoms. The van der Waals surface area contributed by atoms with Crippen LogP contribution in [0.3, 0.4) is 0 Å². The summed E-state index contributed by atoms with van der Waals surface area (Å²) in [7, 11) is 0. The fraction of sp³-hybridized carbons (Fsp3) is 0.632. The van der Waals surface area contributed by atoms with Gasteiger partial charge >= 0.3 is 12.1 Å². The number of hydrogen-bond donors (Lipinski definition) is 3. The Morgan fingerprint density at radius 2 is 1.58 bits per heavy atom. The Morgan fingerprint density at radius 3 is 2.14 bits per heavy atom. The van der Waals surface area contributed by atoms with Crippen molar-refractivity contribution in [2.24, 2.45) is 22.7 Å². The van der Waals surface area contributed by atoms with Crippen molar-refractivity contribution in [2.75, 3.05) is 13.1 Å². The third-order valence-electron chi connectivity index (χ3n) is 9.50. The number of nitrogens with one attached hydrogen (secondary N) is 3. The van der Waals surface area contributed by atoms with Crippen LogP contribution in [-0.2, 0) is 39.0 Å². The number of Topliss-reactive ketones (excluding diaryl/α,β-unsaturated/α-hetero) is 1. The standard InChI is InChI=1S/C38H56N4O8/c1-12-13-19-25(29(44)32(46)39-21-20-26(43)49-38(10,11)23-17-15-14-16-18-23)40-31(45)28-27-24(37(27,8)9)22-42(28)33(47)30(35(2,3)4)41-34(48)50-36(5,6)7/h12,14-18,24-25,27-28,30H,1,13,19-22H2,2-11H3,(H,39,46)(H,40,45)(H,41,48)/t24?,25?,27?,28-,30?/m0/s1. The minimum atomic E-state index is -1.19. The predicted molar refractivity (Wildman–Crippen MR) is 188 cm³/mol. The number of alkyl carbamates (subject to hydrolysis) is 1. The number of fused-ring (bicyclic) bond motifs is 1. The van der Waals surface area contributed by atoms with Crippen LogP contribution in [0, 0.1) is 22.7 Å². The Bertz CT molecular complexity index is 1460. The number of esters is 1. The van der Waals surface area contributed by atoms with E-state index >= 15 is 0 Å². The van der Waals surface area contributed by atoms with Crippen molar-refractivity contribution in [3.63, 3.8) is 0 Å². The number of allylic oxidation sites excluding steroid dienone is 1. The minimum absolute atomic E-state index is 0.0431. The van der Waals surface area contributed by atoms with Crippen LogP contribution in [-0.4, -0.2) is 77.3 Å². The number of likely N-dealkylation sites (tertiary alicyclic amines) is 1. The highest BCUT2D eigenvalue weighted by atomic mass is 16.6. The molecule has 1 heterocycles. The Kier molecular flexibility index (Phi) is 12.3. The molecule has 12 nitrogen and oxygen atoms in total. The fourth-order valence-electron chi connectivity index (χ4n) is 6.62. The van der Waals surface area contributed by atoms with Gasteiger partial charge in [-0.1, -0.05) is 71.0 Å². The number of carbonyl (C=O) groups excluding carboxylic acids is 6. The number of carbonyl (C=O) groups is 6. The van der Waals surface area contributed by atoms with Crippen LogP contribution in [0.4, 0.5) is 4.79 Å². The molecule has 1 aromatic carbocycles. The Hall–Kier alpha value is -4.22. The van der Waals surface area contributed by atoms with E-state index in [-0.39, 0.29) is 36.6 Å². The number of rotatable bonds is 14. The van der Waals surface area contributed by atoms with E-state index in [1.807, 2.05) is 65.0 Å². The van der Waals surface area contributed by atoms with Gasteiger partial charge in [-0.3, -0.25) is 24.0 Å². The molecule has 276 valence electrons. The summed E-state index contributed by atoms with van der Waals surface area (Å²) in [5, 5.41) is 7.95. The first-order valence-electron chi connectivity index (χ1n) is 17.3. The van der Waals surface area contributed by atoms with Gasteiger partial charge in [0.2, 0.25) is 17.6 Å². The van der Waals surface area contributed by atoms with E-state index < -0.39 is 70.3 Å². The first-order chi connectivity index (χ1) is 23.0. The smallest absolute Gasteiger partial charge is 0.408 e. The van der Waals surface area contributed by atoms with Gasteiger partial charge < -0.3 is 30.3 Å². The number of piperidine rings is 1. The second-order valence-corrected chi connectivity index (χ2v) is 16.5. The van der Waals surface area contributed by atoms with Crippen molar-refractivity contribution in [1.29, 1.82) is 0 Å². The Labute approximate surface area is 296 Å². The number of ketones is 1. The highest BCUT2D eigenvalue weighted by molar-refractivity contribution is 6.38. The molecule has 1 saturated heterocycles. The largest absolute Gasteiger partial charge is 0.455 e. The molecule has 50 heavy (non-hydrogen) atoms. The molecular formula is C38H56N4O8. The van der Waals surface area contributed by atoms with Crippen molar-refractivity contribution < 1.29 is 38.2 Å². The summed E-state index contributed by atoms with van der Waals surface area (Å²) in [6.07, 6.45) is 1.11. The molecule has 2 fully saturated rings. The van der Waals surface area contributed by atoms with Crippen LogP contribution in [0.2, 0.25) is 0 Å². The average Bonchev–Trinajstić information content (AvgIpc) is 3.31. The van der Waals surface area contributed by atoms with Crippen molar-refractivity contribution in [3.05, 3.63) is 48.6 Å². The summed E-state index contributed by atoms with van der Waals surface area (Å²) < 4.78 is 11.0. The van der Waals surface area contributed by atoms with E-state index in [9.17, 15) is 28.8 Å². The molecule has 0 spiro atoms. The summed E-state index contributed by atoms with van der Waals surface area (Å²) >= 11 is 0. The van der Waals surface area contributed by atoms with Gasteiger partial charge in [0.05, 0.1) is 12.5 Å². The molecule has 0 aromatic heterocycles. The highest BCUT2D eigenvalue weighted by Crippen LogP contribution is 2.65. The molecule has 3 N–H and O–H groups in total. The van der Waals surface area contributed by atoms with Crippen LogP contribution < -0.4 is 16.0 Å². The normalized spacial score (nSPS) is 20.8. The zero-order valence-corrected chi connectivity index (χ0v) is 31.3. The lowest BCUT2D eigenvalue weighted by atomic mass is 9.85. The number of amides is 4. The van der Waals surface area contributed by atoms with Gasteiger partial charge in [0.15, 0.2) is 0 Å². The van der Waals surface area contributed by atoms with Crippen LogP contribution in [0.5, 0.6) is 0 Å². The van der Waals surface area contributed by atoms with E-state index in [2.05, 4.69) is 22.5 Å². The van der Waals surface area contributed by atoms with Gasteiger partial charge in [-0.15, -0.1) is 6.58 Å². The van der Waals surface area contributed by atoms with Crippen molar-refractivity contribution >= 4 is 35.6 Å². The summed E-state index contributed by atoms with van der Waals surface area (Å²) in [6, 6.07) is 6.13. The Balaban J connectivity index is 1.71. The fourth-order valence-corrected chi connectivity index (χ4v) is 6.62. The quantitative estimate of drug-likeness (QED) is 0.147. The summed E-state index contributed by atoms with van der Waals surface area (Å²) in [4.78, 5) is 81.3. The highest BCUT2D eigenvalue weighted by Gasteiger charge is 2.70. The lowest BCUT2D eigenvalue weighted by Gasteiger charge is -2.38. The average molecular weight is 697 g/mol. The maximum Gasteiger partial charge on any atom is 0.408 e. The zero-order valence-electron chi connectivity index (χ0n) is 31.3. The molecule has 1 saturated carbocycles. The van der Waals surface area contributed by atoms with Gasteiger partial charge in [-0.05, 0) is 75.7 Å². The summed E-state index contributed by atoms with van der Waals surface area (Å²) in [5.41, 5.74) is -1.80. The maximum atomic E-state index is 14.1. The third-order valence-corrected chi connectivity index (χ3v) is 9.50. The number of benzene rings is 1. The summed E-state index contributed by atoms with van der Waals surface area (Å²) in [6.45, 7) is 22.1. The summed E-state index contributed by atoms with van der Waals surface area (Å²) in [5.74, 6) is -3.49. The Morgan fingerprint density at radius 1 is 0.960 bits per heavy atom. The SMILES string of the molecule is C=CCCC(NC(=O)[C@@H]1C2C(CN1C(=O)C(NC(=O)OC(C)(C)C)C(C)(C)C)C2(C)C)C(=O)C(=O)NCCC(=O)OC(C)(C)c1ccccc1.